The number of benzene rings is 5. The smallest absolute Gasteiger partial charge is 0.195 e. The molecule has 0 aliphatic carbocycles. The Labute approximate surface area is 257 Å². The maximum absolute atomic E-state index is 13.3. The summed E-state index contributed by atoms with van der Waals surface area (Å²) < 4.78 is 5.20. The van der Waals surface area contributed by atoms with Gasteiger partial charge in [-0.3, -0.25) is 9.59 Å². The fourth-order valence-corrected chi connectivity index (χ4v) is 9.57. The molecule has 0 fully saturated rings. The van der Waals surface area contributed by atoms with E-state index in [1.54, 1.807) is 45.8 Å². The van der Waals surface area contributed by atoms with Crippen molar-refractivity contribution in [3.05, 3.63) is 141 Å². The average Bonchev–Trinajstić information content (AvgIpc) is 3.50. The number of rotatable bonds is 4. The fourth-order valence-electron chi connectivity index (χ4n) is 5.38. The first-order valence-corrected chi connectivity index (χ1v) is 16.7. The van der Waals surface area contributed by atoms with Crippen LogP contribution in [0, 0.1) is 0 Å². The molecule has 6 heteroatoms. The topological polar surface area (TPSA) is 34.1 Å². The SMILES string of the molecule is O=c1c2ccccc2sc2ccc(-c3csc(Sc4ccccc4-c4ccc5sc6ccccc6c(=O)c5c4)c3)cc12. The van der Waals surface area contributed by atoms with E-state index in [-0.39, 0.29) is 10.9 Å². The van der Waals surface area contributed by atoms with E-state index in [4.69, 9.17) is 0 Å². The lowest BCUT2D eigenvalue weighted by molar-refractivity contribution is 1.44. The van der Waals surface area contributed by atoms with E-state index < -0.39 is 0 Å². The maximum Gasteiger partial charge on any atom is 0.195 e. The predicted molar refractivity (Wildman–Crippen MR) is 184 cm³/mol. The van der Waals surface area contributed by atoms with Crippen LogP contribution >= 0.6 is 45.8 Å². The first kappa shape index (κ1) is 25.6. The van der Waals surface area contributed by atoms with Gasteiger partial charge in [0.25, 0.3) is 0 Å². The molecule has 0 spiro atoms. The second kappa shape index (κ2) is 10.3. The summed E-state index contributed by atoms with van der Waals surface area (Å²) in [7, 11) is 0. The van der Waals surface area contributed by atoms with E-state index in [9.17, 15) is 9.59 Å². The van der Waals surface area contributed by atoms with Crippen LogP contribution < -0.4 is 10.9 Å². The molecule has 8 aromatic rings. The molecule has 42 heavy (non-hydrogen) atoms. The number of hydrogen-bond donors (Lipinski definition) is 0. The Hall–Kier alpha value is -4.07. The van der Waals surface area contributed by atoms with Crippen molar-refractivity contribution in [2.45, 2.75) is 9.10 Å². The van der Waals surface area contributed by atoms with Crippen molar-refractivity contribution in [1.82, 2.24) is 0 Å². The van der Waals surface area contributed by atoms with Gasteiger partial charge in [-0.05, 0) is 88.3 Å². The maximum atomic E-state index is 13.3. The molecular formula is C36H20O2S4. The molecule has 5 aromatic carbocycles. The van der Waals surface area contributed by atoms with Crippen molar-refractivity contribution in [3.8, 4) is 22.3 Å². The average molecular weight is 613 g/mol. The zero-order valence-electron chi connectivity index (χ0n) is 22.0. The van der Waals surface area contributed by atoms with E-state index in [0.29, 0.717) is 0 Å². The van der Waals surface area contributed by atoms with Gasteiger partial charge in [0, 0.05) is 45.2 Å². The summed E-state index contributed by atoms with van der Waals surface area (Å²) in [6.07, 6.45) is 0. The molecule has 0 unspecified atom stereocenters. The number of fused-ring (bicyclic) bond motifs is 4. The van der Waals surface area contributed by atoms with Gasteiger partial charge in [0.2, 0.25) is 0 Å². The van der Waals surface area contributed by atoms with Crippen LogP contribution in [0.15, 0.2) is 139 Å². The molecule has 3 aromatic heterocycles. The van der Waals surface area contributed by atoms with Crippen molar-refractivity contribution >= 4 is 86.1 Å². The van der Waals surface area contributed by atoms with Crippen LogP contribution in [-0.2, 0) is 0 Å². The molecule has 0 atom stereocenters. The second-order valence-corrected chi connectivity index (χ2v) is 14.5. The first-order chi connectivity index (χ1) is 20.6. The quantitative estimate of drug-likeness (QED) is 0.185. The van der Waals surface area contributed by atoms with Gasteiger partial charge in [-0.2, -0.15) is 0 Å². The molecule has 0 aliphatic heterocycles. The van der Waals surface area contributed by atoms with Crippen LogP contribution in [0.5, 0.6) is 0 Å². The third kappa shape index (κ3) is 4.39. The number of hydrogen-bond acceptors (Lipinski definition) is 6. The van der Waals surface area contributed by atoms with Gasteiger partial charge in [-0.1, -0.05) is 66.4 Å². The van der Waals surface area contributed by atoms with Gasteiger partial charge >= 0.3 is 0 Å². The normalized spacial score (nSPS) is 11.6. The molecule has 3 heterocycles. The minimum absolute atomic E-state index is 0.0830. The van der Waals surface area contributed by atoms with Crippen molar-refractivity contribution in [2.75, 3.05) is 0 Å². The summed E-state index contributed by atoms with van der Waals surface area (Å²) in [6.45, 7) is 0. The Morgan fingerprint density at radius 1 is 0.476 bits per heavy atom. The summed E-state index contributed by atoms with van der Waals surface area (Å²) >= 11 is 6.74. The molecule has 200 valence electrons. The Morgan fingerprint density at radius 2 is 1.02 bits per heavy atom. The standard InChI is InChI=1S/C36H20O2S4/c37-35-25-8-2-5-11-30(25)40-32-15-13-21(17-27(32)35)23-19-34(39-20-23)42-29-10-4-1-7-24(29)22-14-16-33-28(18-22)36(38)26-9-3-6-12-31(26)41-33/h1-20H. The highest BCUT2D eigenvalue weighted by Crippen LogP contribution is 2.41. The molecule has 2 nitrogen and oxygen atoms in total. The van der Waals surface area contributed by atoms with Crippen molar-refractivity contribution < 1.29 is 0 Å². The third-order valence-corrected chi connectivity index (χ3v) is 11.9. The Morgan fingerprint density at radius 3 is 1.71 bits per heavy atom. The lowest BCUT2D eigenvalue weighted by Crippen LogP contribution is -2.00. The van der Waals surface area contributed by atoms with Crippen molar-refractivity contribution in [2.24, 2.45) is 0 Å². The third-order valence-electron chi connectivity index (χ3n) is 7.47. The van der Waals surface area contributed by atoms with Gasteiger partial charge in [0.1, 0.15) is 0 Å². The summed E-state index contributed by atoms with van der Waals surface area (Å²) in [6, 6.07) is 38.6. The first-order valence-electron chi connectivity index (χ1n) is 13.4. The lowest BCUT2D eigenvalue weighted by atomic mass is 10.0. The highest BCUT2D eigenvalue weighted by atomic mass is 32.2. The van der Waals surface area contributed by atoms with Crippen LogP contribution in [0.4, 0.5) is 0 Å². The molecule has 0 saturated heterocycles. The molecule has 0 N–H and O–H groups in total. The van der Waals surface area contributed by atoms with E-state index in [1.807, 2.05) is 66.7 Å². The molecule has 8 rings (SSSR count). The van der Waals surface area contributed by atoms with E-state index in [1.165, 1.54) is 4.21 Å². The molecular weight excluding hydrogens is 593 g/mol. The minimum Gasteiger partial charge on any atom is -0.289 e. The molecule has 0 bridgehead atoms. The van der Waals surface area contributed by atoms with Crippen LogP contribution in [-0.4, -0.2) is 0 Å². The van der Waals surface area contributed by atoms with Crippen LogP contribution in [0.3, 0.4) is 0 Å². The van der Waals surface area contributed by atoms with Crippen LogP contribution in [0.1, 0.15) is 0 Å². The summed E-state index contributed by atoms with van der Waals surface area (Å²) in [5.41, 5.74) is 4.46. The number of thiophene rings is 1. The summed E-state index contributed by atoms with van der Waals surface area (Å²) in [5, 5.41) is 5.24. The van der Waals surface area contributed by atoms with E-state index >= 15 is 0 Å². The summed E-state index contributed by atoms with van der Waals surface area (Å²) in [4.78, 5) is 27.7. The van der Waals surface area contributed by atoms with Gasteiger partial charge in [-0.15, -0.1) is 34.0 Å². The highest BCUT2D eigenvalue weighted by Gasteiger charge is 2.13. The molecule has 0 radical (unpaired) electrons. The monoisotopic (exact) mass is 612 g/mol. The van der Waals surface area contributed by atoms with Gasteiger partial charge in [0.05, 0.1) is 4.21 Å². The molecule has 0 amide bonds. The fraction of sp³-hybridized carbons (Fsp3) is 0. The highest BCUT2D eigenvalue weighted by molar-refractivity contribution is 8.01. The molecule has 0 saturated carbocycles. The minimum atomic E-state index is 0.0830. The predicted octanol–water partition coefficient (Wildman–Crippen LogP) is 10.7. The van der Waals surface area contributed by atoms with Gasteiger partial charge in [0.15, 0.2) is 10.9 Å². The molecule has 0 aliphatic rings. The van der Waals surface area contributed by atoms with E-state index in [2.05, 4.69) is 53.9 Å². The van der Waals surface area contributed by atoms with Crippen LogP contribution in [0.25, 0.3) is 62.6 Å². The van der Waals surface area contributed by atoms with Gasteiger partial charge < -0.3 is 0 Å². The van der Waals surface area contributed by atoms with Crippen LogP contribution in [0.2, 0.25) is 0 Å². The lowest BCUT2D eigenvalue weighted by Gasteiger charge is -2.10. The van der Waals surface area contributed by atoms with Gasteiger partial charge in [-0.25, -0.2) is 0 Å². The summed E-state index contributed by atoms with van der Waals surface area (Å²) in [5.74, 6) is 0. The van der Waals surface area contributed by atoms with E-state index in [0.717, 1.165) is 67.5 Å². The Balaban J connectivity index is 1.15. The van der Waals surface area contributed by atoms with Crippen molar-refractivity contribution in [3.63, 3.8) is 0 Å². The largest absolute Gasteiger partial charge is 0.289 e. The Bertz CT molecular complexity index is 2450. The zero-order valence-corrected chi connectivity index (χ0v) is 25.3. The Kier molecular flexibility index (Phi) is 6.30. The van der Waals surface area contributed by atoms with Crippen molar-refractivity contribution in [1.29, 1.82) is 0 Å². The second-order valence-electron chi connectivity index (χ2n) is 10.0. The zero-order chi connectivity index (χ0) is 28.2.